The number of benzene rings is 1. The summed E-state index contributed by atoms with van der Waals surface area (Å²) in [5.74, 6) is 1.18. The van der Waals surface area contributed by atoms with Gasteiger partial charge in [0.15, 0.2) is 5.65 Å². The van der Waals surface area contributed by atoms with Crippen LogP contribution in [0.4, 0.5) is 5.82 Å². The number of furan rings is 1. The van der Waals surface area contributed by atoms with Crippen LogP contribution in [0.1, 0.15) is 16.1 Å². The number of aryl methyl sites for hydroxylation is 1. The van der Waals surface area contributed by atoms with Crippen LogP contribution in [0.5, 0.6) is 0 Å². The second-order valence-corrected chi connectivity index (χ2v) is 9.68. The molecule has 4 heterocycles. The molecule has 12 heteroatoms. The molecule has 4 aromatic rings. The minimum Gasteiger partial charge on any atom is -0.468 e. The molecule has 0 radical (unpaired) electrons. The Morgan fingerprint density at radius 1 is 1.09 bits per heavy atom. The molecule has 1 aromatic carbocycles. The molecule has 0 aliphatic carbocycles. The summed E-state index contributed by atoms with van der Waals surface area (Å²) in [5.41, 5.74) is 1.20. The summed E-state index contributed by atoms with van der Waals surface area (Å²) in [6.07, 6.45) is 4.76. The van der Waals surface area contributed by atoms with Crippen molar-refractivity contribution < 1.29 is 17.6 Å². The lowest BCUT2D eigenvalue weighted by Crippen LogP contribution is -2.49. The van der Waals surface area contributed by atoms with Crippen LogP contribution in [0.15, 0.2) is 64.5 Å². The van der Waals surface area contributed by atoms with Gasteiger partial charge >= 0.3 is 0 Å². The number of amides is 1. The smallest absolute Gasteiger partial charge is 0.253 e. The highest BCUT2D eigenvalue weighted by atomic mass is 32.2. The number of carbonyl (C=O) groups is 1. The SMILES string of the molecule is Cn1ncc2c(N3CCN(C(=O)c4ccc(S(=O)(=O)NCc5ccco5)cc4)CC3)ncnc21. The molecule has 1 fully saturated rings. The summed E-state index contributed by atoms with van der Waals surface area (Å²) in [6.45, 7) is 2.34. The molecule has 1 aliphatic heterocycles. The number of sulfonamides is 1. The van der Waals surface area contributed by atoms with E-state index in [1.165, 1.54) is 24.7 Å². The van der Waals surface area contributed by atoms with Gasteiger partial charge in [-0.1, -0.05) is 0 Å². The maximum absolute atomic E-state index is 13.0. The highest BCUT2D eigenvalue weighted by molar-refractivity contribution is 7.89. The van der Waals surface area contributed by atoms with Crippen molar-refractivity contribution in [2.24, 2.45) is 7.05 Å². The molecule has 1 N–H and O–H groups in total. The Morgan fingerprint density at radius 2 is 1.85 bits per heavy atom. The Labute approximate surface area is 196 Å². The van der Waals surface area contributed by atoms with E-state index in [0.29, 0.717) is 37.5 Å². The van der Waals surface area contributed by atoms with Crippen molar-refractivity contribution in [2.45, 2.75) is 11.4 Å². The van der Waals surface area contributed by atoms with Gasteiger partial charge in [0, 0.05) is 38.8 Å². The van der Waals surface area contributed by atoms with Crippen LogP contribution in [0.2, 0.25) is 0 Å². The normalized spacial score (nSPS) is 14.6. The molecule has 0 bridgehead atoms. The van der Waals surface area contributed by atoms with Gasteiger partial charge in [-0.15, -0.1) is 0 Å². The van der Waals surface area contributed by atoms with Gasteiger partial charge in [0.1, 0.15) is 17.9 Å². The fourth-order valence-electron chi connectivity index (χ4n) is 3.94. The van der Waals surface area contributed by atoms with Gasteiger partial charge in [0.05, 0.1) is 29.3 Å². The van der Waals surface area contributed by atoms with Gasteiger partial charge in [-0.25, -0.2) is 23.1 Å². The molecular weight excluding hydrogens is 458 g/mol. The molecule has 176 valence electrons. The fraction of sp³-hybridized carbons (Fsp3) is 0.273. The minimum atomic E-state index is -3.72. The molecule has 1 saturated heterocycles. The molecule has 3 aromatic heterocycles. The number of fused-ring (bicyclic) bond motifs is 1. The highest BCUT2D eigenvalue weighted by Crippen LogP contribution is 2.23. The summed E-state index contributed by atoms with van der Waals surface area (Å²) >= 11 is 0. The van der Waals surface area contributed by atoms with Crippen molar-refractivity contribution in [1.82, 2.24) is 29.4 Å². The van der Waals surface area contributed by atoms with Crippen molar-refractivity contribution in [3.8, 4) is 0 Å². The van der Waals surface area contributed by atoms with Crippen LogP contribution in [0.3, 0.4) is 0 Å². The number of piperazine rings is 1. The second-order valence-electron chi connectivity index (χ2n) is 7.91. The van der Waals surface area contributed by atoms with Gasteiger partial charge in [0.25, 0.3) is 5.91 Å². The number of anilines is 1. The van der Waals surface area contributed by atoms with Crippen molar-refractivity contribution in [3.63, 3.8) is 0 Å². The predicted molar refractivity (Wildman–Crippen MR) is 124 cm³/mol. The number of nitrogens with one attached hydrogen (secondary N) is 1. The van der Waals surface area contributed by atoms with Crippen LogP contribution in [-0.2, 0) is 23.6 Å². The summed E-state index contributed by atoms with van der Waals surface area (Å²) in [7, 11) is -1.88. The van der Waals surface area contributed by atoms with Gasteiger partial charge < -0.3 is 14.2 Å². The number of hydrogen-bond acceptors (Lipinski definition) is 8. The van der Waals surface area contributed by atoms with Crippen molar-refractivity contribution >= 4 is 32.8 Å². The number of aromatic nitrogens is 4. The van der Waals surface area contributed by atoms with E-state index in [2.05, 4.69) is 24.7 Å². The summed E-state index contributed by atoms with van der Waals surface area (Å²) in [4.78, 5) is 25.7. The van der Waals surface area contributed by atoms with Gasteiger partial charge in [-0.05, 0) is 36.4 Å². The highest BCUT2D eigenvalue weighted by Gasteiger charge is 2.25. The number of nitrogens with zero attached hydrogens (tertiary/aromatic N) is 6. The quantitative estimate of drug-likeness (QED) is 0.438. The average molecular weight is 482 g/mol. The van der Waals surface area contributed by atoms with E-state index >= 15 is 0 Å². The third-order valence-corrected chi connectivity index (χ3v) is 7.22. The Morgan fingerprint density at radius 3 is 2.56 bits per heavy atom. The van der Waals surface area contributed by atoms with E-state index in [1.54, 1.807) is 40.0 Å². The van der Waals surface area contributed by atoms with E-state index in [-0.39, 0.29) is 17.3 Å². The van der Waals surface area contributed by atoms with E-state index in [0.717, 1.165) is 16.9 Å². The molecule has 0 saturated carbocycles. The first kappa shape index (κ1) is 22.0. The molecule has 1 amide bonds. The molecule has 5 rings (SSSR count). The average Bonchev–Trinajstić information content (AvgIpc) is 3.53. The van der Waals surface area contributed by atoms with Gasteiger partial charge in [0.2, 0.25) is 10.0 Å². The van der Waals surface area contributed by atoms with Gasteiger partial charge in [-0.2, -0.15) is 5.10 Å². The summed E-state index contributed by atoms with van der Waals surface area (Å²) < 4.78 is 34.4. The number of carbonyl (C=O) groups excluding carboxylic acids is 1. The summed E-state index contributed by atoms with van der Waals surface area (Å²) in [5, 5.41) is 5.13. The van der Waals surface area contributed by atoms with Crippen molar-refractivity contribution in [2.75, 3.05) is 31.1 Å². The fourth-order valence-corrected chi connectivity index (χ4v) is 4.94. The zero-order valence-electron chi connectivity index (χ0n) is 18.5. The first-order valence-corrected chi connectivity index (χ1v) is 12.2. The van der Waals surface area contributed by atoms with Crippen molar-refractivity contribution in [3.05, 3.63) is 66.5 Å². The predicted octanol–water partition coefficient (Wildman–Crippen LogP) is 1.40. The third-order valence-electron chi connectivity index (χ3n) is 5.80. The van der Waals surface area contributed by atoms with E-state index in [4.69, 9.17) is 4.42 Å². The molecule has 0 unspecified atom stereocenters. The molecular formula is C22H23N7O4S. The molecule has 1 aliphatic rings. The summed E-state index contributed by atoms with van der Waals surface area (Å²) in [6, 6.07) is 9.34. The standard InChI is InChI=1S/C22H23N7O4S/c1-27-20-19(14-25-27)21(24-15-23-20)28-8-10-29(11-9-28)22(30)16-4-6-18(7-5-16)34(31,32)26-13-17-3-2-12-33-17/h2-7,12,14-15,26H,8-11,13H2,1H3. The Hall–Kier alpha value is -3.77. The second kappa shape index (κ2) is 8.88. The Bertz CT molecular complexity index is 1410. The van der Waals surface area contributed by atoms with Crippen LogP contribution >= 0.6 is 0 Å². The van der Waals surface area contributed by atoms with E-state index < -0.39 is 10.0 Å². The van der Waals surface area contributed by atoms with Crippen LogP contribution in [-0.4, -0.2) is 65.2 Å². The topological polar surface area (TPSA) is 126 Å². The third kappa shape index (κ3) is 4.24. The van der Waals surface area contributed by atoms with Gasteiger partial charge in [-0.3, -0.25) is 9.48 Å². The maximum atomic E-state index is 13.0. The largest absolute Gasteiger partial charge is 0.468 e. The lowest BCUT2D eigenvalue weighted by atomic mass is 10.2. The van der Waals surface area contributed by atoms with E-state index in [1.807, 2.05) is 7.05 Å². The Balaban J connectivity index is 1.22. The monoisotopic (exact) mass is 481 g/mol. The van der Waals surface area contributed by atoms with Crippen LogP contribution < -0.4 is 9.62 Å². The number of hydrogen-bond donors (Lipinski definition) is 1. The lowest BCUT2D eigenvalue weighted by molar-refractivity contribution is 0.0746. The number of rotatable bonds is 6. The van der Waals surface area contributed by atoms with Crippen LogP contribution in [0.25, 0.3) is 11.0 Å². The molecule has 0 atom stereocenters. The minimum absolute atomic E-state index is 0.0535. The zero-order chi connectivity index (χ0) is 23.7. The molecule has 0 spiro atoms. The first-order valence-electron chi connectivity index (χ1n) is 10.7. The zero-order valence-corrected chi connectivity index (χ0v) is 19.3. The molecule has 11 nitrogen and oxygen atoms in total. The van der Waals surface area contributed by atoms with E-state index in [9.17, 15) is 13.2 Å². The first-order chi connectivity index (χ1) is 16.4. The lowest BCUT2D eigenvalue weighted by Gasteiger charge is -2.35. The van der Waals surface area contributed by atoms with Crippen molar-refractivity contribution in [1.29, 1.82) is 0 Å². The maximum Gasteiger partial charge on any atom is 0.253 e. The Kier molecular flexibility index (Phi) is 5.75. The molecule has 34 heavy (non-hydrogen) atoms. The van der Waals surface area contributed by atoms with Crippen LogP contribution in [0, 0.1) is 0 Å².